The molecule has 0 unspecified atom stereocenters. The van der Waals surface area contributed by atoms with Gasteiger partial charge in [0.15, 0.2) is 10.7 Å². The third-order valence-corrected chi connectivity index (χ3v) is 9.70. The van der Waals surface area contributed by atoms with Gasteiger partial charge in [0.25, 0.3) is 10.0 Å². The van der Waals surface area contributed by atoms with Gasteiger partial charge in [-0.15, -0.1) is 0 Å². The fourth-order valence-electron chi connectivity index (χ4n) is 5.10. The van der Waals surface area contributed by atoms with E-state index in [0.717, 1.165) is 5.56 Å². The van der Waals surface area contributed by atoms with E-state index in [9.17, 15) is 18.3 Å². The van der Waals surface area contributed by atoms with Gasteiger partial charge in [0, 0.05) is 36.8 Å². The number of benzene rings is 2. The van der Waals surface area contributed by atoms with Crippen LogP contribution in [0.25, 0.3) is 0 Å². The number of anilines is 1. The van der Waals surface area contributed by atoms with Crippen LogP contribution in [0.2, 0.25) is 10.0 Å². The van der Waals surface area contributed by atoms with Crippen LogP contribution in [-0.4, -0.2) is 73.3 Å². The van der Waals surface area contributed by atoms with Gasteiger partial charge in [-0.1, -0.05) is 41.3 Å². The van der Waals surface area contributed by atoms with E-state index in [1.165, 1.54) is 6.92 Å². The molecule has 1 aromatic heterocycles. The molecule has 1 aliphatic rings. The minimum absolute atomic E-state index is 0.0276. The van der Waals surface area contributed by atoms with Crippen molar-refractivity contribution in [2.24, 2.45) is 5.92 Å². The summed E-state index contributed by atoms with van der Waals surface area (Å²) < 4.78 is 40.4. The molecule has 10 nitrogen and oxygen atoms in total. The van der Waals surface area contributed by atoms with Crippen LogP contribution in [0, 0.1) is 19.8 Å². The molecule has 0 saturated carbocycles. The van der Waals surface area contributed by atoms with Crippen molar-refractivity contribution in [3.63, 3.8) is 0 Å². The quantitative estimate of drug-likeness (QED) is 0.346. The molecule has 0 radical (unpaired) electrons. The van der Waals surface area contributed by atoms with E-state index in [4.69, 9.17) is 32.5 Å². The number of carbonyl (C=O) groups is 1. The predicted octanol–water partition coefficient (Wildman–Crippen LogP) is 4.68. The van der Waals surface area contributed by atoms with Crippen LogP contribution < -0.4 is 9.46 Å². The zero-order valence-electron chi connectivity index (χ0n) is 24.2. The zero-order valence-corrected chi connectivity index (χ0v) is 26.6. The van der Waals surface area contributed by atoms with E-state index < -0.39 is 16.1 Å². The van der Waals surface area contributed by atoms with Crippen LogP contribution in [0.1, 0.15) is 36.4 Å². The first-order valence-electron chi connectivity index (χ1n) is 13.6. The van der Waals surface area contributed by atoms with Gasteiger partial charge in [-0.2, -0.15) is 0 Å². The number of fused-ring (bicyclic) bond motifs is 1. The molecule has 0 spiro atoms. The molecule has 1 amide bonds. The third-order valence-electron chi connectivity index (χ3n) is 7.33. The van der Waals surface area contributed by atoms with Crippen molar-refractivity contribution in [3.05, 3.63) is 69.0 Å². The van der Waals surface area contributed by atoms with E-state index in [-0.39, 0.29) is 53.0 Å². The lowest BCUT2D eigenvalue weighted by Crippen LogP contribution is -2.47. The average molecular weight is 640 g/mol. The summed E-state index contributed by atoms with van der Waals surface area (Å²) in [4.78, 5) is 17.2. The van der Waals surface area contributed by atoms with Gasteiger partial charge in [-0.25, -0.2) is 8.42 Å². The number of nitrogens with one attached hydrogen (secondary N) is 1. The maximum Gasteiger partial charge on any atom is 0.267 e. The lowest BCUT2D eigenvalue weighted by atomic mass is 10.0. The maximum atomic E-state index is 13.5. The summed E-state index contributed by atoms with van der Waals surface area (Å²) in [6, 6.07) is 10.00. The number of likely N-dealkylation sites (N-methyl/N-ethyl adjacent to an activating group) is 1. The average Bonchev–Trinajstić information content (AvgIpc) is 3.28. The van der Waals surface area contributed by atoms with Crippen molar-refractivity contribution >= 4 is 44.8 Å². The van der Waals surface area contributed by atoms with Crippen LogP contribution in [0.15, 0.2) is 45.8 Å². The Labute approximate surface area is 256 Å². The third kappa shape index (κ3) is 7.38. The summed E-state index contributed by atoms with van der Waals surface area (Å²) in [6.45, 7) is 8.20. The summed E-state index contributed by atoms with van der Waals surface area (Å²) in [6.07, 6.45) is -0.361. The van der Waals surface area contributed by atoms with Crippen molar-refractivity contribution in [2.75, 3.05) is 31.5 Å². The molecule has 0 bridgehead atoms. The fraction of sp³-hybridized carbons (Fsp3) is 0.448. The predicted molar refractivity (Wildman–Crippen MR) is 162 cm³/mol. The molecule has 0 saturated heterocycles. The summed E-state index contributed by atoms with van der Waals surface area (Å²) in [5.74, 6) is 0.380. The molecule has 4 rings (SSSR count). The number of aliphatic hydroxyl groups excluding tert-OH is 1. The highest BCUT2D eigenvalue weighted by molar-refractivity contribution is 7.92. The molecule has 13 heteroatoms. The number of sulfonamides is 1. The molecule has 0 fully saturated rings. The van der Waals surface area contributed by atoms with Crippen LogP contribution >= 0.6 is 23.2 Å². The Morgan fingerprint density at radius 3 is 2.57 bits per heavy atom. The van der Waals surface area contributed by atoms with Crippen LogP contribution in [-0.2, 0) is 27.8 Å². The number of halogens is 2. The van der Waals surface area contributed by atoms with Crippen LogP contribution in [0.4, 0.5) is 5.69 Å². The molecule has 3 atom stereocenters. The number of nitrogens with zero attached hydrogens (tertiary/aromatic N) is 3. The number of amides is 1. The molecule has 2 aromatic carbocycles. The van der Waals surface area contributed by atoms with Crippen LogP contribution in [0.5, 0.6) is 5.75 Å². The number of hydrogen-bond acceptors (Lipinski definition) is 8. The number of aromatic nitrogens is 1. The SMILES string of the molecule is Cc1noc(C)c1S(=O)(=O)Nc1ccc2c(c1)CC(=O)N([C@@H](C)CO)C[C@@H](C)[C@@H](CN(C)Cc1ccc(Cl)c(Cl)c1)O2. The summed E-state index contributed by atoms with van der Waals surface area (Å²) in [5.41, 5.74) is 2.04. The number of aliphatic hydroxyl groups is 1. The number of carbonyl (C=O) groups excluding carboxylic acids is 1. The van der Waals surface area contributed by atoms with E-state index in [2.05, 4.69) is 14.8 Å². The van der Waals surface area contributed by atoms with Gasteiger partial charge >= 0.3 is 0 Å². The van der Waals surface area contributed by atoms with Gasteiger partial charge in [0.1, 0.15) is 17.5 Å². The first-order valence-corrected chi connectivity index (χ1v) is 15.8. The monoisotopic (exact) mass is 638 g/mol. The molecular formula is C29H36Cl2N4O6S. The topological polar surface area (TPSA) is 125 Å². The summed E-state index contributed by atoms with van der Waals surface area (Å²) in [7, 11) is -2.02. The Bertz CT molecular complexity index is 1530. The fourth-order valence-corrected chi connectivity index (χ4v) is 6.80. The lowest BCUT2D eigenvalue weighted by Gasteiger charge is -2.34. The first-order chi connectivity index (χ1) is 19.8. The summed E-state index contributed by atoms with van der Waals surface area (Å²) >= 11 is 12.3. The normalized spacial score (nSPS) is 18.6. The second kappa shape index (κ2) is 13.2. The number of rotatable bonds is 9. The standard InChI is InChI=1S/C29H36Cl2N4O6S/c1-17-13-35(18(2)16-36)28(37)12-22-11-23(33-42(38,39)29-19(3)32-41-20(29)4)7-9-26(22)40-27(17)15-34(5)14-21-6-8-24(30)25(31)10-21/h6-11,17-18,27,33,36H,12-16H2,1-5H3/t17-,18+,27-/m1/s1. The minimum atomic E-state index is -3.99. The summed E-state index contributed by atoms with van der Waals surface area (Å²) in [5, 5.41) is 14.6. The smallest absolute Gasteiger partial charge is 0.267 e. The molecule has 1 aliphatic heterocycles. The van der Waals surface area contributed by atoms with Crippen LogP contribution in [0.3, 0.4) is 0 Å². The van der Waals surface area contributed by atoms with Gasteiger partial charge < -0.3 is 19.3 Å². The molecule has 42 heavy (non-hydrogen) atoms. The Balaban J connectivity index is 1.64. The molecular weight excluding hydrogens is 603 g/mol. The maximum absolute atomic E-state index is 13.5. The van der Waals surface area contributed by atoms with E-state index >= 15 is 0 Å². The highest BCUT2D eigenvalue weighted by Gasteiger charge is 2.32. The highest BCUT2D eigenvalue weighted by Crippen LogP contribution is 2.31. The molecule has 2 heterocycles. The van der Waals surface area contributed by atoms with Gasteiger partial charge in [-0.3, -0.25) is 14.4 Å². The Kier molecular flexibility index (Phi) is 10.1. The molecule has 228 valence electrons. The Morgan fingerprint density at radius 1 is 1.19 bits per heavy atom. The van der Waals surface area contributed by atoms with Crippen molar-refractivity contribution in [1.29, 1.82) is 0 Å². The van der Waals surface area contributed by atoms with E-state index in [1.54, 1.807) is 43.0 Å². The molecule has 3 aromatic rings. The van der Waals surface area contributed by atoms with E-state index in [1.807, 2.05) is 26.1 Å². The number of aryl methyl sites for hydroxylation is 2. The largest absolute Gasteiger partial charge is 0.488 e. The number of hydrogen-bond donors (Lipinski definition) is 2. The molecule has 0 aliphatic carbocycles. The highest BCUT2D eigenvalue weighted by atomic mass is 35.5. The second-order valence-corrected chi connectivity index (χ2v) is 13.3. The number of ether oxygens (including phenoxy) is 1. The van der Waals surface area contributed by atoms with Gasteiger partial charge in [-0.05, 0) is 63.7 Å². The van der Waals surface area contributed by atoms with Crippen molar-refractivity contribution in [3.8, 4) is 5.75 Å². The van der Waals surface area contributed by atoms with E-state index in [0.29, 0.717) is 41.0 Å². The lowest BCUT2D eigenvalue weighted by molar-refractivity contribution is -0.134. The van der Waals surface area contributed by atoms with Gasteiger partial charge in [0.2, 0.25) is 5.91 Å². The Hall–Kier alpha value is -2.83. The Morgan fingerprint density at radius 2 is 1.93 bits per heavy atom. The zero-order chi connectivity index (χ0) is 30.8. The second-order valence-electron chi connectivity index (χ2n) is 10.9. The molecule has 2 N–H and O–H groups in total. The minimum Gasteiger partial charge on any atom is -0.488 e. The van der Waals surface area contributed by atoms with Gasteiger partial charge in [0.05, 0.1) is 29.1 Å². The van der Waals surface area contributed by atoms with Crippen molar-refractivity contribution < 1.29 is 27.6 Å². The first kappa shape index (κ1) is 32.1. The van der Waals surface area contributed by atoms with Crippen molar-refractivity contribution in [2.45, 2.75) is 57.7 Å². The van der Waals surface area contributed by atoms with Crippen molar-refractivity contribution in [1.82, 2.24) is 15.0 Å².